The molecule has 1 aromatic heterocycles. The summed E-state index contributed by atoms with van der Waals surface area (Å²) in [4.78, 5) is 24.0. The molecule has 0 spiro atoms. The summed E-state index contributed by atoms with van der Waals surface area (Å²) in [5.74, 6) is -1.08. The van der Waals surface area contributed by atoms with Crippen LogP contribution in [0.2, 0.25) is 5.02 Å². The van der Waals surface area contributed by atoms with Crippen LogP contribution in [0.3, 0.4) is 0 Å². The third kappa shape index (κ3) is 2.25. The standard InChI is InChI=1S/C14H15ClN2O3/c1-3-7-16-17-8(2)11(14(19)20)9-5-4-6-10(15)12(9)13(17)18/h4-6,16H,3,7H2,1-2H3,(H,19,20). The van der Waals surface area contributed by atoms with Crippen LogP contribution in [0.5, 0.6) is 0 Å². The first kappa shape index (κ1) is 14.4. The molecule has 0 radical (unpaired) electrons. The van der Waals surface area contributed by atoms with Crippen molar-refractivity contribution in [3.63, 3.8) is 0 Å². The molecule has 2 rings (SSSR count). The number of carbonyl (C=O) groups is 1. The summed E-state index contributed by atoms with van der Waals surface area (Å²) in [5.41, 5.74) is 3.05. The lowest BCUT2D eigenvalue weighted by Gasteiger charge is -2.16. The molecular formula is C14H15ClN2O3. The number of carboxylic acid groups (broad SMARTS) is 1. The van der Waals surface area contributed by atoms with Gasteiger partial charge in [0.05, 0.1) is 21.7 Å². The summed E-state index contributed by atoms with van der Waals surface area (Å²) in [5, 5.41) is 10.2. The molecule has 106 valence electrons. The normalized spacial score (nSPS) is 10.8. The van der Waals surface area contributed by atoms with E-state index in [1.807, 2.05) is 6.92 Å². The molecule has 0 aliphatic carbocycles. The van der Waals surface area contributed by atoms with Crippen molar-refractivity contribution in [2.24, 2.45) is 0 Å². The molecular weight excluding hydrogens is 280 g/mol. The molecule has 0 aliphatic heterocycles. The Labute approximate surface area is 120 Å². The van der Waals surface area contributed by atoms with Crippen LogP contribution in [0.4, 0.5) is 0 Å². The van der Waals surface area contributed by atoms with E-state index in [1.54, 1.807) is 25.1 Å². The third-order valence-corrected chi connectivity index (χ3v) is 3.45. The van der Waals surface area contributed by atoms with Crippen molar-refractivity contribution >= 4 is 28.3 Å². The molecule has 0 unspecified atom stereocenters. The topological polar surface area (TPSA) is 71.3 Å². The maximum atomic E-state index is 12.5. The molecule has 0 bridgehead atoms. The summed E-state index contributed by atoms with van der Waals surface area (Å²) >= 11 is 6.06. The van der Waals surface area contributed by atoms with Crippen LogP contribution in [-0.4, -0.2) is 22.3 Å². The highest BCUT2D eigenvalue weighted by atomic mass is 35.5. The highest BCUT2D eigenvalue weighted by molar-refractivity contribution is 6.35. The summed E-state index contributed by atoms with van der Waals surface area (Å²) in [6.07, 6.45) is 0.814. The van der Waals surface area contributed by atoms with Gasteiger partial charge in [0.1, 0.15) is 0 Å². The van der Waals surface area contributed by atoms with Gasteiger partial charge in [-0.1, -0.05) is 30.7 Å². The minimum atomic E-state index is -1.08. The smallest absolute Gasteiger partial charge is 0.338 e. The van der Waals surface area contributed by atoms with E-state index in [-0.39, 0.29) is 21.5 Å². The molecule has 0 aliphatic rings. The molecule has 0 fully saturated rings. The van der Waals surface area contributed by atoms with Crippen LogP contribution in [0.25, 0.3) is 10.8 Å². The Hall–Kier alpha value is -2.01. The zero-order valence-corrected chi connectivity index (χ0v) is 12.0. The molecule has 0 saturated heterocycles. The lowest BCUT2D eigenvalue weighted by atomic mass is 10.0. The predicted molar refractivity (Wildman–Crippen MR) is 79.4 cm³/mol. The summed E-state index contributed by atoms with van der Waals surface area (Å²) in [7, 11) is 0. The second-order valence-electron chi connectivity index (χ2n) is 4.48. The van der Waals surface area contributed by atoms with Gasteiger partial charge in [0.25, 0.3) is 5.56 Å². The number of nitrogens with one attached hydrogen (secondary N) is 1. The van der Waals surface area contributed by atoms with Crippen molar-refractivity contribution in [1.29, 1.82) is 0 Å². The predicted octanol–water partition coefficient (Wildman–Crippen LogP) is 2.62. The highest BCUT2D eigenvalue weighted by Crippen LogP contribution is 2.25. The van der Waals surface area contributed by atoms with E-state index in [1.165, 1.54) is 4.68 Å². The molecule has 2 aromatic rings. The van der Waals surface area contributed by atoms with E-state index in [4.69, 9.17) is 11.6 Å². The van der Waals surface area contributed by atoms with Crippen LogP contribution in [0.1, 0.15) is 29.4 Å². The van der Waals surface area contributed by atoms with Gasteiger partial charge >= 0.3 is 5.97 Å². The molecule has 5 nitrogen and oxygen atoms in total. The average molecular weight is 295 g/mol. The van der Waals surface area contributed by atoms with Crippen LogP contribution >= 0.6 is 11.6 Å². The zero-order valence-electron chi connectivity index (χ0n) is 11.2. The number of hydrogen-bond donors (Lipinski definition) is 2. The Balaban J connectivity index is 2.91. The van der Waals surface area contributed by atoms with E-state index in [0.29, 0.717) is 17.6 Å². The number of pyridine rings is 1. The van der Waals surface area contributed by atoms with Crippen molar-refractivity contribution in [2.45, 2.75) is 20.3 Å². The number of aromatic carboxylic acids is 1. The molecule has 2 N–H and O–H groups in total. The number of benzene rings is 1. The molecule has 0 atom stereocenters. The lowest BCUT2D eigenvalue weighted by Crippen LogP contribution is -2.33. The van der Waals surface area contributed by atoms with Crippen LogP contribution < -0.4 is 11.0 Å². The van der Waals surface area contributed by atoms with Gasteiger partial charge in [-0.25, -0.2) is 9.47 Å². The first-order valence-electron chi connectivity index (χ1n) is 6.30. The Morgan fingerprint density at radius 2 is 2.15 bits per heavy atom. The maximum Gasteiger partial charge on any atom is 0.338 e. The Morgan fingerprint density at radius 3 is 2.75 bits per heavy atom. The number of rotatable bonds is 4. The number of aromatic nitrogens is 1. The van der Waals surface area contributed by atoms with E-state index in [9.17, 15) is 14.7 Å². The van der Waals surface area contributed by atoms with Gasteiger partial charge in [-0.05, 0) is 19.4 Å². The van der Waals surface area contributed by atoms with Crippen LogP contribution in [0.15, 0.2) is 23.0 Å². The molecule has 1 aromatic carbocycles. The van der Waals surface area contributed by atoms with Gasteiger partial charge in [-0.3, -0.25) is 4.79 Å². The second-order valence-corrected chi connectivity index (χ2v) is 4.88. The highest BCUT2D eigenvalue weighted by Gasteiger charge is 2.20. The molecule has 0 amide bonds. The first-order chi connectivity index (χ1) is 9.49. The number of halogens is 1. The van der Waals surface area contributed by atoms with Crippen molar-refractivity contribution < 1.29 is 9.90 Å². The number of carboxylic acids is 1. The van der Waals surface area contributed by atoms with Crippen molar-refractivity contribution in [3.8, 4) is 0 Å². The fourth-order valence-electron chi connectivity index (χ4n) is 2.20. The minimum absolute atomic E-state index is 0.0886. The Kier molecular flexibility index (Phi) is 3.99. The van der Waals surface area contributed by atoms with Gasteiger partial charge in [-0.15, -0.1) is 0 Å². The number of hydrogen-bond acceptors (Lipinski definition) is 3. The molecule has 1 heterocycles. The van der Waals surface area contributed by atoms with E-state index in [2.05, 4.69) is 5.43 Å². The van der Waals surface area contributed by atoms with Crippen molar-refractivity contribution in [1.82, 2.24) is 4.68 Å². The SMILES string of the molecule is CCCNn1c(C)c(C(=O)O)c2cccc(Cl)c2c1=O. The fourth-order valence-corrected chi connectivity index (χ4v) is 2.46. The fraction of sp³-hybridized carbons (Fsp3) is 0.286. The number of nitrogens with zero attached hydrogens (tertiary/aromatic N) is 1. The van der Waals surface area contributed by atoms with Gasteiger partial charge in [0.15, 0.2) is 0 Å². The van der Waals surface area contributed by atoms with Gasteiger partial charge < -0.3 is 10.5 Å². The maximum absolute atomic E-state index is 12.5. The minimum Gasteiger partial charge on any atom is -0.478 e. The average Bonchev–Trinajstić information content (AvgIpc) is 2.38. The lowest BCUT2D eigenvalue weighted by molar-refractivity contribution is 0.0697. The third-order valence-electron chi connectivity index (χ3n) is 3.13. The first-order valence-corrected chi connectivity index (χ1v) is 6.67. The quantitative estimate of drug-likeness (QED) is 0.909. The van der Waals surface area contributed by atoms with E-state index in [0.717, 1.165) is 6.42 Å². The van der Waals surface area contributed by atoms with E-state index < -0.39 is 5.97 Å². The van der Waals surface area contributed by atoms with Crippen LogP contribution in [-0.2, 0) is 0 Å². The molecule has 20 heavy (non-hydrogen) atoms. The summed E-state index contributed by atoms with van der Waals surface area (Å²) in [6.45, 7) is 4.13. The second kappa shape index (κ2) is 5.54. The summed E-state index contributed by atoms with van der Waals surface area (Å²) in [6, 6.07) is 4.82. The van der Waals surface area contributed by atoms with Gasteiger partial charge in [0.2, 0.25) is 0 Å². The molecule has 6 heteroatoms. The van der Waals surface area contributed by atoms with Gasteiger partial charge in [-0.2, -0.15) is 0 Å². The molecule has 0 saturated carbocycles. The number of fused-ring (bicyclic) bond motifs is 1. The monoisotopic (exact) mass is 294 g/mol. The van der Waals surface area contributed by atoms with Gasteiger partial charge in [0, 0.05) is 11.9 Å². The summed E-state index contributed by atoms with van der Waals surface area (Å²) < 4.78 is 1.27. The van der Waals surface area contributed by atoms with E-state index >= 15 is 0 Å². The largest absolute Gasteiger partial charge is 0.478 e. The Morgan fingerprint density at radius 1 is 1.45 bits per heavy atom. The Bertz CT molecular complexity index is 737. The van der Waals surface area contributed by atoms with Crippen LogP contribution in [0, 0.1) is 6.92 Å². The zero-order chi connectivity index (χ0) is 14.9. The van der Waals surface area contributed by atoms with Crippen molar-refractivity contribution in [3.05, 3.63) is 44.8 Å². The van der Waals surface area contributed by atoms with Crippen molar-refractivity contribution in [2.75, 3.05) is 12.0 Å².